The molecular formula is C12H16F3N3O4. The Balaban J connectivity index is 3.14. The molecule has 0 aliphatic heterocycles. The third kappa shape index (κ3) is 4.64. The van der Waals surface area contributed by atoms with E-state index in [0.29, 0.717) is 0 Å². The number of hydrogen-bond acceptors (Lipinski definition) is 4. The van der Waals surface area contributed by atoms with Crippen molar-refractivity contribution in [2.45, 2.75) is 39.1 Å². The highest BCUT2D eigenvalue weighted by Gasteiger charge is 2.33. The zero-order valence-corrected chi connectivity index (χ0v) is 12.4. The number of anilines is 1. The molecule has 1 aromatic rings. The molecule has 0 saturated heterocycles. The maximum absolute atomic E-state index is 12.4. The molecule has 0 spiro atoms. The van der Waals surface area contributed by atoms with Crippen molar-refractivity contribution in [2.75, 3.05) is 11.9 Å². The number of aromatic carboxylic acids is 1. The molecule has 0 saturated carbocycles. The summed E-state index contributed by atoms with van der Waals surface area (Å²) in [7, 11) is 1.19. The number of alkyl halides is 3. The third-order valence-electron chi connectivity index (χ3n) is 2.38. The number of carbonyl (C=O) groups excluding carboxylic acids is 1. The lowest BCUT2D eigenvalue weighted by atomic mass is 10.2. The topological polar surface area (TPSA) is 84.7 Å². The summed E-state index contributed by atoms with van der Waals surface area (Å²) in [6, 6.07) is 0. The monoisotopic (exact) mass is 323 g/mol. The van der Waals surface area contributed by atoms with Gasteiger partial charge in [-0.3, -0.25) is 4.90 Å². The van der Waals surface area contributed by atoms with E-state index in [9.17, 15) is 22.8 Å². The molecule has 1 heterocycles. The molecule has 1 amide bonds. The predicted octanol–water partition coefficient (Wildman–Crippen LogP) is 2.51. The summed E-state index contributed by atoms with van der Waals surface area (Å²) in [6.07, 6.45) is -4.67. The summed E-state index contributed by atoms with van der Waals surface area (Å²) >= 11 is 0. The molecule has 0 radical (unpaired) electrons. The van der Waals surface area contributed by atoms with E-state index in [1.807, 2.05) is 0 Å². The standard InChI is InChI=1S/C12H16F3N3O4/c1-11(2,3)22-10(21)17(4)7-5-16-18(6-12(13,14)15)8(7)9(19)20/h5H,6H2,1-4H3,(H,19,20). The molecular weight excluding hydrogens is 307 g/mol. The quantitative estimate of drug-likeness (QED) is 0.924. The maximum atomic E-state index is 12.4. The fraction of sp³-hybridized carbons (Fsp3) is 0.583. The minimum absolute atomic E-state index is 0.276. The number of carboxylic acids is 1. The average molecular weight is 323 g/mol. The average Bonchev–Trinajstić information content (AvgIpc) is 2.66. The fourth-order valence-corrected chi connectivity index (χ4v) is 1.56. The van der Waals surface area contributed by atoms with Crippen molar-refractivity contribution >= 4 is 17.7 Å². The molecule has 0 aliphatic rings. The molecule has 22 heavy (non-hydrogen) atoms. The van der Waals surface area contributed by atoms with Crippen molar-refractivity contribution in [3.8, 4) is 0 Å². The molecule has 10 heteroatoms. The number of amides is 1. The van der Waals surface area contributed by atoms with Gasteiger partial charge in [-0.15, -0.1) is 0 Å². The van der Waals surface area contributed by atoms with Crippen molar-refractivity contribution in [2.24, 2.45) is 0 Å². The molecule has 0 fully saturated rings. The smallest absolute Gasteiger partial charge is 0.414 e. The van der Waals surface area contributed by atoms with E-state index in [1.165, 1.54) is 7.05 Å². The van der Waals surface area contributed by atoms with Gasteiger partial charge < -0.3 is 9.84 Å². The van der Waals surface area contributed by atoms with Crippen LogP contribution in [-0.2, 0) is 11.3 Å². The number of aromatic nitrogens is 2. The van der Waals surface area contributed by atoms with Crippen LogP contribution in [0.4, 0.5) is 23.7 Å². The Labute approximate surface area is 124 Å². The van der Waals surface area contributed by atoms with Gasteiger partial charge in [0, 0.05) is 7.05 Å². The van der Waals surface area contributed by atoms with E-state index in [-0.39, 0.29) is 10.4 Å². The molecule has 0 aliphatic carbocycles. The summed E-state index contributed by atoms with van der Waals surface area (Å²) in [5.41, 5.74) is -1.87. The molecule has 124 valence electrons. The van der Waals surface area contributed by atoms with Crippen LogP contribution in [0.15, 0.2) is 6.20 Å². The zero-order chi connectivity index (χ0) is 17.3. The SMILES string of the molecule is CN(C(=O)OC(C)(C)C)c1cnn(CC(F)(F)F)c1C(=O)O. The van der Waals surface area contributed by atoms with Gasteiger partial charge in [-0.25, -0.2) is 14.3 Å². The highest BCUT2D eigenvalue weighted by Crippen LogP contribution is 2.25. The first-order chi connectivity index (χ1) is 9.82. The van der Waals surface area contributed by atoms with Gasteiger partial charge in [0.15, 0.2) is 5.69 Å². The first kappa shape index (κ1) is 17.8. The molecule has 1 N–H and O–H groups in total. The second kappa shape index (κ2) is 5.85. The number of nitrogens with zero attached hydrogens (tertiary/aromatic N) is 3. The Kier molecular flexibility index (Phi) is 4.73. The normalized spacial score (nSPS) is 12.1. The van der Waals surface area contributed by atoms with Gasteiger partial charge in [0.2, 0.25) is 0 Å². The maximum Gasteiger partial charge on any atom is 0.414 e. The van der Waals surface area contributed by atoms with Crippen molar-refractivity contribution in [3.05, 3.63) is 11.9 Å². The van der Waals surface area contributed by atoms with Crippen LogP contribution in [0.2, 0.25) is 0 Å². The number of ether oxygens (including phenoxy) is 1. The van der Waals surface area contributed by atoms with Crippen LogP contribution in [0, 0.1) is 0 Å². The number of rotatable bonds is 3. The summed E-state index contributed by atoms with van der Waals surface area (Å²) in [4.78, 5) is 23.9. The van der Waals surface area contributed by atoms with Crippen LogP contribution < -0.4 is 4.90 Å². The molecule has 0 unspecified atom stereocenters. The first-order valence-electron chi connectivity index (χ1n) is 6.14. The highest BCUT2D eigenvalue weighted by molar-refractivity contribution is 5.98. The minimum atomic E-state index is -4.64. The molecule has 0 aromatic carbocycles. The van der Waals surface area contributed by atoms with Crippen LogP contribution in [0.1, 0.15) is 31.3 Å². The zero-order valence-electron chi connectivity index (χ0n) is 12.4. The van der Waals surface area contributed by atoms with E-state index in [2.05, 4.69) is 5.10 Å². The van der Waals surface area contributed by atoms with Gasteiger partial charge in [-0.2, -0.15) is 18.3 Å². The van der Waals surface area contributed by atoms with E-state index >= 15 is 0 Å². The van der Waals surface area contributed by atoms with Crippen molar-refractivity contribution in [1.82, 2.24) is 9.78 Å². The Morgan fingerprint density at radius 1 is 1.36 bits per heavy atom. The van der Waals surface area contributed by atoms with Gasteiger partial charge in [-0.1, -0.05) is 0 Å². The van der Waals surface area contributed by atoms with Gasteiger partial charge in [-0.05, 0) is 20.8 Å². The van der Waals surface area contributed by atoms with Gasteiger partial charge >= 0.3 is 18.2 Å². The Bertz CT molecular complexity index is 575. The van der Waals surface area contributed by atoms with Crippen LogP contribution >= 0.6 is 0 Å². The van der Waals surface area contributed by atoms with E-state index in [1.54, 1.807) is 20.8 Å². The van der Waals surface area contributed by atoms with Crippen LogP contribution in [0.3, 0.4) is 0 Å². The van der Waals surface area contributed by atoms with Crippen LogP contribution in [0.25, 0.3) is 0 Å². The van der Waals surface area contributed by atoms with Crippen molar-refractivity contribution in [3.63, 3.8) is 0 Å². The second-order valence-electron chi connectivity index (χ2n) is 5.50. The molecule has 0 bridgehead atoms. The first-order valence-corrected chi connectivity index (χ1v) is 6.14. The van der Waals surface area contributed by atoms with Gasteiger partial charge in [0.1, 0.15) is 12.1 Å². The Hall–Kier alpha value is -2.26. The van der Waals surface area contributed by atoms with E-state index in [0.717, 1.165) is 11.1 Å². The lowest BCUT2D eigenvalue weighted by Crippen LogP contribution is -2.35. The Morgan fingerprint density at radius 2 is 1.91 bits per heavy atom. The fourth-order valence-electron chi connectivity index (χ4n) is 1.56. The van der Waals surface area contributed by atoms with Crippen LogP contribution in [-0.4, -0.2) is 45.8 Å². The molecule has 1 aromatic heterocycles. The number of hydrogen-bond donors (Lipinski definition) is 1. The largest absolute Gasteiger partial charge is 0.476 e. The molecule has 1 rings (SSSR count). The lowest BCUT2D eigenvalue weighted by Gasteiger charge is -2.24. The predicted molar refractivity (Wildman–Crippen MR) is 69.9 cm³/mol. The number of carboxylic acid groups (broad SMARTS) is 1. The van der Waals surface area contributed by atoms with Gasteiger partial charge in [0.05, 0.1) is 11.9 Å². The summed E-state index contributed by atoms with van der Waals surface area (Å²) < 4.78 is 42.6. The molecule has 7 nitrogen and oxygen atoms in total. The van der Waals surface area contributed by atoms with Crippen LogP contribution in [0.5, 0.6) is 0 Å². The Morgan fingerprint density at radius 3 is 2.32 bits per heavy atom. The number of halogens is 3. The second-order valence-corrected chi connectivity index (χ2v) is 5.50. The summed E-state index contributed by atoms with van der Waals surface area (Å²) in [5, 5.41) is 12.5. The third-order valence-corrected chi connectivity index (χ3v) is 2.38. The summed E-state index contributed by atoms with van der Waals surface area (Å²) in [5.74, 6) is -1.63. The highest BCUT2D eigenvalue weighted by atomic mass is 19.4. The van der Waals surface area contributed by atoms with E-state index < -0.39 is 36.1 Å². The minimum Gasteiger partial charge on any atom is -0.476 e. The van der Waals surface area contributed by atoms with Crippen molar-refractivity contribution < 1.29 is 32.6 Å². The summed E-state index contributed by atoms with van der Waals surface area (Å²) in [6.45, 7) is 3.23. The van der Waals surface area contributed by atoms with E-state index in [4.69, 9.17) is 9.84 Å². The number of carbonyl (C=O) groups is 2. The molecule has 0 atom stereocenters. The van der Waals surface area contributed by atoms with Crippen molar-refractivity contribution in [1.29, 1.82) is 0 Å². The van der Waals surface area contributed by atoms with Gasteiger partial charge in [0.25, 0.3) is 0 Å². The lowest BCUT2D eigenvalue weighted by molar-refractivity contribution is -0.142.